The zero-order valence-electron chi connectivity index (χ0n) is 23.1. The molecule has 1 unspecified atom stereocenters. The maximum absolute atomic E-state index is 11.6. The number of methoxy groups -OCH3 is 1. The molecule has 4 heteroatoms. The highest BCUT2D eigenvalue weighted by Crippen LogP contribution is 2.59. The Morgan fingerprint density at radius 2 is 1.68 bits per heavy atom. The van der Waals surface area contributed by atoms with Gasteiger partial charge in [0.1, 0.15) is 6.79 Å². The number of hydrogen-bond acceptors (Lipinski definition) is 4. The Bertz CT molecular complexity index is 790. The van der Waals surface area contributed by atoms with Gasteiger partial charge in [0.25, 0.3) is 0 Å². The Hall–Kier alpha value is -1.20. The van der Waals surface area contributed by atoms with Crippen molar-refractivity contribution in [1.29, 1.82) is 0 Å². The van der Waals surface area contributed by atoms with E-state index >= 15 is 0 Å². The third-order valence-electron chi connectivity index (χ3n) is 8.47. The van der Waals surface area contributed by atoms with Gasteiger partial charge in [-0.3, -0.25) is 0 Å². The first-order chi connectivity index (χ1) is 15.9. The quantitative estimate of drug-likeness (QED) is 0.252. The molecule has 5 atom stereocenters. The minimum Gasteiger partial charge on any atom is -0.385 e. The fourth-order valence-corrected chi connectivity index (χ4v) is 5.84. The molecule has 34 heavy (non-hydrogen) atoms. The van der Waals surface area contributed by atoms with E-state index in [0.29, 0.717) is 13.0 Å². The molecule has 0 bridgehead atoms. The minimum absolute atomic E-state index is 0.0157. The van der Waals surface area contributed by atoms with Gasteiger partial charge in [-0.1, -0.05) is 48.5 Å². The third kappa shape index (κ3) is 6.72. The Labute approximate surface area is 209 Å². The van der Waals surface area contributed by atoms with Crippen LogP contribution in [0.25, 0.3) is 0 Å². The third-order valence-corrected chi connectivity index (χ3v) is 8.47. The molecule has 1 saturated heterocycles. The lowest BCUT2D eigenvalue weighted by molar-refractivity contribution is -0.273. The molecular formula is C30H50O4. The van der Waals surface area contributed by atoms with Gasteiger partial charge in [-0.15, -0.1) is 0 Å². The van der Waals surface area contributed by atoms with E-state index in [-0.39, 0.29) is 24.2 Å². The zero-order chi connectivity index (χ0) is 25.6. The van der Waals surface area contributed by atoms with Crippen molar-refractivity contribution in [2.24, 2.45) is 11.3 Å². The highest BCUT2D eigenvalue weighted by molar-refractivity contribution is 5.23. The van der Waals surface area contributed by atoms with E-state index in [1.54, 1.807) is 7.11 Å². The Balaban J connectivity index is 2.11. The smallest absolute Gasteiger partial charge is 0.147 e. The second kappa shape index (κ2) is 12.2. The summed E-state index contributed by atoms with van der Waals surface area (Å²) in [7, 11) is 1.66. The van der Waals surface area contributed by atoms with E-state index in [4.69, 9.17) is 14.2 Å². The van der Waals surface area contributed by atoms with Gasteiger partial charge >= 0.3 is 0 Å². The van der Waals surface area contributed by atoms with Gasteiger partial charge in [-0.25, -0.2) is 0 Å². The summed E-state index contributed by atoms with van der Waals surface area (Å²) in [5.41, 5.74) is 3.43. The van der Waals surface area contributed by atoms with Gasteiger partial charge in [-0.2, -0.15) is 0 Å². The van der Waals surface area contributed by atoms with Gasteiger partial charge in [0.2, 0.25) is 0 Å². The molecule has 2 rings (SSSR count). The van der Waals surface area contributed by atoms with Crippen LogP contribution in [0.2, 0.25) is 0 Å². The lowest BCUT2D eigenvalue weighted by Crippen LogP contribution is -2.66. The highest BCUT2D eigenvalue weighted by Gasteiger charge is 2.63. The van der Waals surface area contributed by atoms with Crippen LogP contribution in [0.15, 0.2) is 47.1 Å². The van der Waals surface area contributed by atoms with Crippen LogP contribution in [-0.2, 0) is 14.2 Å². The molecule has 194 valence electrons. The molecule has 0 amide bonds. The van der Waals surface area contributed by atoms with Gasteiger partial charge in [0.05, 0.1) is 23.9 Å². The lowest BCUT2D eigenvalue weighted by Gasteiger charge is -2.62. The van der Waals surface area contributed by atoms with Crippen molar-refractivity contribution in [3.05, 3.63) is 47.1 Å². The normalized spacial score (nSPS) is 34.5. The van der Waals surface area contributed by atoms with Gasteiger partial charge in [-0.05, 0) is 92.1 Å². The number of allylic oxidation sites excluding steroid dienone is 5. The van der Waals surface area contributed by atoms with E-state index in [9.17, 15) is 5.11 Å². The van der Waals surface area contributed by atoms with Crippen molar-refractivity contribution in [2.75, 3.05) is 20.5 Å². The second-order valence-electron chi connectivity index (χ2n) is 11.5. The summed E-state index contributed by atoms with van der Waals surface area (Å²) in [5.74, 6) is -0.0653. The molecule has 2 aliphatic rings. The topological polar surface area (TPSA) is 47.9 Å². The Kier molecular flexibility index (Phi) is 10.4. The van der Waals surface area contributed by atoms with Crippen LogP contribution < -0.4 is 0 Å². The van der Waals surface area contributed by atoms with Crippen LogP contribution in [0, 0.1) is 11.3 Å². The predicted molar refractivity (Wildman–Crippen MR) is 142 cm³/mol. The SMILES string of the molecule is C=C(C)[C@]1(O)CC[C@](C)(OCOC)[C@@]2(C)C[C@@H](/C=C(\C)CC/C=C(\C)CCC=C(C)C)OCC12. The van der Waals surface area contributed by atoms with E-state index < -0.39 is 11.2 Å². The molecule has 1 heterocycles. The first-order valence-corrected chi connectivity index (χ1v) is 13.0. The van der Waals surface area contributed by atoms with Crippen molar-refractivity contribution >= 4 is 0 Å². The molecule has 1 aliphatic carbocycles. The summed E-state index contributed by atoms with van der Waals surface area (Å²) in [4.78, 5) is 0. The predicted octanol–water partition coefficient (Wildman–Crippen LogP) is 7.30. The van der Waals surface area contributed by atoms with Crippen molar-refractivity contribution in [3.8, 4) is 0 Å². The summed E-state index contributed by atoms with van der Waals surface area (Å²) in [6.45, 7) is 20.0. The summed E-state index contributed by atoms with van der Waals surface area (Å²) < 4.78 is 17.9. The number of fused-ring (bicyclic) bond motifs is 1. The lowest BCUT2D eigenvalue weighted by atomic mass is 9.50. The van der Waals surface area contributed by atoms with Gasteiger partial charge in [0, 0.05) is 18.4 Å². The van der Waals surface area contributed by atoms with Crippen LogP contribution >= 0.6 is 0 Å². The van der Waals surface area contributed by atoms with Crippen LogP contribution in [0.1, 0.15) is 93.4 Å². The molecule has 0 spiro atoms. The molecule has 0 aromatic heterocycles. The average Bonchev–Trinajstić information content (AvgIpc) is 2.75. The average molecular weight is 475 g/mol. The molecule has 4 nitrogen and oxygen atoms in total. The minimum atomic E-state index is -0.928. The van der Waals surface area contributed by atoms with Gasteiger partial charge < -0.3 is 19.3 Å². The maximum atomic E-state index is 11.6. The van der Waals surface area contributed by atoms with Crippen molar-refractivity contribution in [2.45, 2.75) is 111 Å². The van der Waals surface area contributed by atoms with Crippen LogP contribution in [-0.4, -0.2) is 42.9 Å². The van der Waals surface area contributed by atoms with E-state index in [0.717, 1.165) is 44.1 Å². The maximum Gasteiger partial charge on any atom is 0.147 e. The molecule has 1 N–H and O–H groups in total. The monoisotopic (exact) mass is 474 g/mol. The number of ether oxygens (including phenoxy) is 3. The highest BCUT2D eigenvalue weighted by atomic mass is 16.7. The largest absolute Gasteiger partial charge is 0.385 e. The number of rotatable bonds is 11. The summed E-state index contributed by atoms with van der Waals surface area (Å²) >= 11 is 0. The number of hydrogen-bond donors (Lipinski definition) is 1. The first kappa shape index (κ1) is 29.0. The van der Waals surface area contributed by atoms with Crippen LogP contribution in [0.4, 0.5) is 0 Å². The molecule has 1 aliphatic heterocycles. The second-order valence-corrected chi connectivity index (χ2v) is 11.5. The van der Waals surface area contributed by atoms with E-state index in [1.165, 1.54) is 16.7 Å². The molecule has 1 saturated carbocycles. The fourth-order valence-electron chi connectivity index (χ4n) is 5.84. The van der Waals surface area contributed by atoms with E-state index in [2.05, 4.69) is 66.3 Å². The molecular weight excluding hydrogens is 424 g/mol. The molecule has 0 aromatic carbocycles. The Morgan fingerprint density at radius 3 is 2.29 bits per heavy atom. The van der Waals surface area contributed by atoms with Gasteiger partial charge in [0.15, 0.2) is 0 Å². The van der Waals surface area contributed by atoms with Crippen molar-refractivity contribution < 1.29 is 19.3 Å². The fraction of sp³-hybridized carbons (Fsp3) is 0.733. The molecule has 0 aromatic rings. The van der Waals surface area contributed by atoms with Crippen molar-refractivity contribution in [1.82, 2.24) is 0 Å². The zero-order valence-corrected chi connectivity index (χ0v) is 23.1. The summed E-state index contributed by atoms with van der Waals surface area (Å²) in [5, 5.41) is 11.6. The van der Waals surface area contributed by atoms with Crippen molar-refractivity contribution in [3.63, 3.8) is 0 Å². The van der Waals surface area contributed by atoms with E-state index in [1.807, 2.05) is 6.92 Å². The standard InChI is InChI=1S/C30H50O4/c1-22(2)12-10-13-24(5)14-11-15-25(6)18-26-19-28(7)27(20-33-26)30(31,23(3)4)17-16-29(28,8)34-21-32-9/h12,14,18,26-27,31H,3,10-11,13,15-17,19-21H2,1-2,4-9H3/b24-14+,25-18+/t26-,27?,28+,29+,30-/m1/s1. The molecule has 0 radical (unpaired) electrons. The number of aliphatic hydroxyl groups is 1. The van der Waals surface area contributed by atoms with Crippen LogP contribution in [0.3, 0.4) is 0 Å². The summed E-state index contributed by atoms with van der Waals surface area (Å²) in [6, 6.07) is 0. The summed E-state index contributed by atoms with van der Waals surface area (Å²) in [6.07, 6.45) is 13.5. The first-order valence-electron chi connectivity index (χ1n) is 13.0. The van der Waals surface area contributed by atoms with Crippen LogP contribution in [0.5, 0.6) is 0 Å². The Morgan fingerprint density at radius 1 is 1.03 bits per heavy atom. The molecule has 2 fully saturated rings.